The Morgan fingerprint density at radius 2 is 0.854 bits per heavy atom. The fourth-order valence-corrected chi connectivity index (χ4v) is 6.19. The lowest BCUT2D eigenvalue weighted by Gasteiger charge is -2.29. The minimum Gasteiger partial charge on any atom is -0.497 e. The van der Waals surface area contributed by atoms with E-state index in [2.05, 4.69) is 136 Å². The topological polar surface area (TPSA) is 32.8 Å². The Kier molecular flexibility index (Phi) is 9.18. The predicted molar refractivity (Wildman–Crippen MR) is 202 cm³/mol. The van der Waals surface area contributed by atoms with Gasteiger partial charge >= 0.3 is 0 Å². The zero-order valence-electron chi connectivity index (χ0n) is 28.8. The third kappa shape index (κ3) is 6.47. The third-order valence-electron chi connectivity index (χ3n) is 9.32. The van der Waals surface area contributed by atoms with Crippen LogP contribution in [0.25, 0.3) is 11.1 Å². The van der Waals surface area contributed by atoms with Gasteiger partial charge in [0.05, 0.1) is 7.11 Å². The van der Waals surface area contributed by atoms with Crippen molar-refractivity contribution in [1.29, 1.82) is 0 Å². The molecule has 0 saturated heterocycles. The molecule has 0 atom stereocenters. The monoisotopic (exact) mass is 630 g/mol. The Balaban J connectivity index is 1.39. The molecule has 0 aliphatic heterocycles. The van der Waals surface area contributed by atoms with Crippen LogP contribution in [0.3, 0.4) is 0 Å². The molecule has 240 valence electrons. The highest BCUT2D eigenvalue weighted by Gasteiger charge is 2.19. The van der Waals surface area contributed by atoms with Crippen LogP contribution < -0.4 is 14.5 Å². The quantitative estimate of drug-likeness (QED) is 0.149. The van der Waals surface area contributed by atoms with Crippen molar-refractivity contribution in [3.05, 3.63) is 160 Å². The van der Waals surface area contributed by atoms with Gasteiger partial charge in [-0.05, 0) is 183 Å². The highest BCUT2D eigenvalue weighted by atomic mass is 16.5. The van der Waals surface area contributed by atoms with Gasteiger partial charge in [0, 0.05) is 39.7 Å². The van der Waals surface area contributed by atoms with Crippen molar-refractivity contribution in [3.8, 4) is 16.9 Å². The first-order valence-corrected chi connectivity index (χ1v) is 16.3. The van der Waals surface area contributed by atoms with Crippen molar-refractivity contribution >= 4 is 40.4 Å². The smallest absolute Gasteiger partial charge is 0.150 e. The van der Waals surface area contributed by atoms with Gasteiger partial charge in [0.25, 0.3) is 0 Å². The number of aldehydes is 1. The number of nitrogens with zero attached hydrogens (tertiary/aromatic N) is 2. The molecule has 0 aliphatic rings. The maximum Gasteiger partial charge on any atom is 0.150 e. The Bertz CT molecular complexity index is 2100. The summed E-state index contributed by atoms with van der Waals surface area (Å²) >= 11 is 0. The van der Waals surface area contributed by atoms with Crippen LogP contribution in [0.5, 0.6) is 5.75 Å². The summed E-state index contributed by atoms with van der Waals surface area (Å²) in [5.41, 5.74) is 16.8. The molecule has 6 aromatic carbocycles. The molecule has 4 nitrogen and oxygen atoms in total. The second kappa shape index (κ2) is 13.6. The molecule has 0 bridgehead atoms. The van der Waals surface area contributed by atoms with Gasteiger partial charge in [0.15, 0.2) is 0 Å². The number of carbonyl (C=O) groups excluding carboxylic acids is 1. The lowest BCUT2D eigenvalue weighted by atomic mass is 9.98. The van der Waals surface area contributed by atoms with Crippen LogP contribution in [0.1, 0.15) is 43.7 Å². The zero-order valence-corrected chi connectivity index (χ0v) is 28.8. The predicted octanol–water partition coefficient (Wildman–Crippen LogP) is 12.0. The number of aryl methyl sites for hydroxylation is 6. The molecule has 0 N–H and O–H groups in total. The average molecular weight is 631 g/mol. The lowest BCUT2D eigenvalue weighted by molar-refractivity contribution is 0.112. The van der Waals surface area contributed by atoms with Crippen molar-refractivity contribution in [1.82, 2.24) is 0 Å². The summed E-state index contributed by atoms with van der Waals surface area (Å²) < 4.78 is 5.45. The molecule has 0 amide bonds. The number of carbonyl (C=O) groups is 1. The normalized spacial score (nSPS) is 10.9. The molecular weight excluding hydrogens is 588 g/mol. The molecule has 48 heavy (non-hydrogen) atoms. The Labute approximate surface area is 284 Å². The molecule has 0 aliphatic carbocycles. The number of methoxy groups -OCH3 is 1. The second-order valence-electron chi connectivity index (χ2n) is 12.6. The average Bonchev–Trinajstić information content (AvgIpc) is 3.10. The van der Waals surface area contributed by atoms with Crippen LogP contribution in [-0.4, -0.2) is 13.4 Å². The molecule has 0 heterocycles. The minimum atomic E-state index is 0.660. The van der Waals surface area contributed by atoms with Gasteiger partial charge in [-0.15, -0.1) is 0 Å². The number of ether oxygens (including phenoxy) is 1. The second-order valence-corrected chi connectivity index (χ2v) is 12.6. The van der Waals surface area contributed by atoms with E-state index in [1.165, 1.54) is 27.8 Å². The number of hydrogen-bond acceptors (Lipinski definition) is 4. The summed E-state index contributed by atoms with van der Waals surface area (Å²) in [5, 5.41) is 0. The minimum absolute atomic E-state index is 0.660. The highest BCUT2D eigenvalue weighted by Crippen LogP contribution is 2.41. The van der Waals surface area contributed by atoms with Crippen LogP contribution in [-0.2, 0) is 0 Å². The van der Waals surface area contributed by atoms with Gasteiger partial charge in [-0.25, -0.2) is 0 Å². The third-order valence-corrected chi connectivity index (χ3v) is 9.32. The summed E-state index contributed by atoms with van der Waals surface area (Å²) in [6.07, 6.45) is 0.884. The first-order chi connectivity index (χ1) is 23.2. The Morgan fingerprint density at radius 1 is 0.438 bits per heavy atom. The van der Waals surface area contributed by atoms with Crippen molar-refractivity contribution in [2.24, 2.45) is 0 Å². The van der Waals surface area contributed by atoms with Gasteiger partial charge in [-0.2, -0.15) is 0 Å². The zero-order chi connectivity index (χ0) is 33.9. The van der Waals surface area contributed by atoms with Crippen molar-refractivity contribution < 1.29 is 9.53 Å². The number of rotatable bonds is 9. The van der Waals surface area contributed by atoms with Crippen LogP contribution in [0.2, 0.25) is 0 Å². The van der Waals surface area contributed by atoms with E-state index < -0.39 is 0 Å². The molecule has 0 fully saturated rings. The molecule has 0 spiro atoms. The Morgan fingerprint density at radius 3 is 1.23 bits per heavy atom. The molecule has 0 radical (unpaired) electrons. The van der Waals surface area contributed by atoms with Crippen LogP contribution >= 0.6 is 0 Å². The Hall–Kier alpha value is -5.61. The number of anilines is 6. The van der Waals surface area contributed by atoms with E-state index >= 15 is 0 Å². The van der Waals surface area contributed by atoms with Crippen molar-refractivity contribution in [3.63, 3.8) is 0 Å². The van der Waals surface area contributed by atoms with Gasteiger partial charge in [-0.3, -0.25) is 4.79 Å². The molecule has 0 saturated carbocycles. The fourth-order valence-electron chi connectivity index (χ4n) is 6.19. The molecule has 6 aromatic rings. The van der Waals surface area contributed by atoms with E-state index in [0.29, 0.717) is 5.56 Å². The first kappa shape index (κ1) is 32.3. The van der Waals surface area contributed by atoms with E-state index in [0.717, 1.165) is 62.9 Å². The standard InChI is InChI=1S/C44H42N2O2/c1-29-8-14-40(26-31(29)3)45(38-16-10-35(28-47)11-17-38)43-22-12-36(24-33(43)5)37-13-23-44(34(6)25-37)46(39-18-20-42(48-7)21-19-39)41-15-9-30(2)32(4)27-41/h8-28H,1-7H3. The van der Waals surface area contributed by atoms with E-state index in [1.54, 1.807) is 7.11 Å². The number of benzene rings is 6. The van der Waals surface area contributed by atoms with Gasteiger partial charge in [0.2, 0.25) is 0 Å². The SMILES string of the molecule is COc1ccc(N(c2ccc(C)c(C)c2)c2ccc(-c3ccc(N(c4ccc(C=O)cc4)c4ccc(C)c(C)c4)c(C)c3)cc2C)cc1. The van der Waals surface area contributed by atoms with Gasteiger partial charge in [-0.1, -0.05) is 24.3 Å². The van der Waals surface area contributed by atoms with Crippen LogP contribution in [0, 0.1) is 41.5 Å². The molecule has 6 rings (SSSR count). The van der Waals surface area contributed by atoms with E-state index in [4.69, 9.17) is 4.74 Å². The lowest BCUT2D eigenvalue weighted by Crippen LogP contribution is -2.12. The van der Waals surface area contributed by atoms with Gasteiger partial charge < -0.3 is 14.5 Å². The molecular formula is C44H42N2O2. The highest BCUT2D eigenvalue weighted by molar-refractivity contribution is 5.84. The maximum absolute atomic E-state index is 11.4. The van der Waals surface area contributed by atoms with E-state index in [-0.39, 0.29) is 0 Å². The summed E-state index contributed by atoms with van der Waals surface area (Å²) in [4.78, 5) is 16.0. The summed E-state index contributed by atoms with van der Waals surface area (Å²) in [7, 11) is 1.69. The summed E-state index contributed by atoms with van der Waals surface area (Å²) in [5.74, 6) is 0.832. The fraction of sp³-hybridized carbons (Fsp3) is 0.159. The molecule has 4 heteroatoms. The van der Waals surface area contributed by atoms with E-state index in [1.807, 2.05) is 36.4 Å². The van der Waals surface area contributed by atoms with Crippen LogP contribution in [0.4, 0.5) is 34.1 Å². The maximum atomic E-state index is 11.4. The number of hydrogen-bond donors (Lipinski definition) is 0. The largest absolute Gasteiger partial charge is 0.497 e. The van der Waals surface area contributed by atoms with Crippen LogP contribution in [0.15, 0.2) is 121 Å². The van der Waals surface area contributed by atoms with Crippen molar-refractivity contribution in [2.75, 3.05) is 16.9 Å². The summed E-state index contributed by atoms with van der Waals surface area (Å²) in [6.45, 7) is 12.9. The van der Waals surface area contributed by atoms with Crippen molar-refractivity contribution in [2.45, 2.75) is 41.5 Å². The van der Waals surface area contributed by atoms with E-state index in [9.17, 15) is 4.79 Å². The summed E-state index contributed by atoms with van der Waals surface area (Å²) in [6, 6.07) is 42.6. The molecule has 0 aromatic heterocycles. The molecule has 0 unspecified atom stereocenters. The first-order valence-electron chi connectivity index (χ1n) is 16.3. The van der Waals surface area contributed by atoms with Gasteiger partial charge in [0.1, 0.15) is 12.0 Å².